The predicted octanol–water partition coefficient (Wildman–Crippen LogP) is -0.828. The number of piperazine rings is 1. The van der Waals surface area contributed by atoms with Crippen LogP contribution in [-0.4, -0.2) is 79.7 Å². The van der Waals surface area contributed by atoms with Crippen molar-refractivity contribution in [2.75, 3.05) is 44.2 Å². The molecule has 104 valence electrons. The smallest absolute Gasteiger partial charge is 0.154 e. The Labute approximate surface area is 109 Å². The summed E-state index contributed by atoms with van der Waals surface area (Å²) in [6.07, 6.45) is 2.06. The van der Waals surface area contributed by atoms with E-state index in [4.69, 9.17) is 0 Å². The predicted molar refractivity (Wildman–Crippen MR) is 69.2 cm³/mol. The van der Waals surface area contributed by atoms with Crippen LogP contribution in [0.4, 0.5) is 0 Å². The van der Waals surface area contributed by atoms with Crippen LogP contribution in [0.1, 0.15) is 12.8 Å². The lowest BCUT2D eigenvalue weighted by Crippen LogP contribution is -2.53. The van der Waals surface area contributed by atoms with Crippen molar-refractivity contribution < 1.29 is 13.5 Å². The molecule has 18 heavy (non-hydrogen) atoms. The van der Waals surface area contributed by atoms with E-state index in [2.05, 4.69) is 9.80 Å². The summed E-state index contributed by atoms with van der Waals surface area (Å²) in [4.78, 5) is 4.64. The Morgan fingerprint density at radius 1 is 1.06 bits per heavy atom. The number of rotatable bonds is 3. The van der Waals surface area contributed by atoms with E-state index in [1.54, 1.807) is 0 Å². The molecule has 0 aromatic heterocycles. The first kappa shape index (κ1) is 12.8. The molecular formula is C12H22N2O3S. The zero-order valence-corrected chi connectivity index (χ0v) is 11.5. The number of nitrogens with zero attached hydrogens (tertiary/aromatic N) is 2. The van der Waals surface area contributed by atoms with E-state index in [1.165, 1.54) is 19.4 Å². The Bertz CT molecular complexity index is 400. The third kappa shape index (κ3) is 2.87. The van der Waals surface area contributed by atoms with Gasteiger partial charge in [-0.1, -0.05) is 0 Å². The van der Waals surface area contributed by atoms with Gasteiger partial charge in [-0.15, -0.1) is 0 Å². The van der Waals surface area contributed by atoms with Gasteiger partial charge in [-0.2, -0.15) is 0 Å². The molecule has 0 spiro atoms. The second kappa shape index (κ2) is 4.74. The van der Waals surface area contributed by atoms with Crippen LogP contribution in [-0.2, 0) is 9.84 Å². The highest BCUT2D eigenvalue weighted by molar-refractivity contribution is 7.91. The Morgan fingerprint density at radius 2 is 1.72 bits per heavy atom. The number of aliphatic hydroxyl groups is 1. The number of aliphatic hydroxyl groups excluding tert-OH is 1. The maximum Gasteiger partial charge on any atom is 0.154 e. The van der Waals surface area contributed by atoms with Crippen LogP contribution in [0.3, 0.4) is 0 Å². The van der Waals surface area contributed by atoms with Gasteiger partial charge in [0.25, 0.3) is 0 Å². The van der Waals surface area contributed by atoms with E-state index in [0.717, 1.165) is 32.1 Å². The molecule has 1 aliphatic carbocycles. The van der Waals surface area contributed by atoms with E-state index in [-0.39, 0.29) is 17.5 Å². The summed E-state index contributed by atoms with van der Waals surface area (Å²) in [5.41, 5.74) is 0. The molecule has 2 unspecified atom stereocenters. The second-order valence-corrected chi connectivity index (χ2v) is 8.15. The summed E-state index contributed by atoms with van der Waals surface area (Å²) in [7, 11) is -3.02. The summed E-state index contributed by atoms with van der Waals surface area (Å²) < 4.78 is 23.0. The van der Waals surface area contributed by atoms with Crippen LogP contribution in [0.15, 0.2) is 0 Å². The van der Waals surface area contributed by atoms with Crippen LogP contribution in [0.25, 0.3) is 0 Å². The van der Waals surface area contributed by atoms with Crippen LogP contribution < -0.4 is 0 Å². The normalized spacial score (nSPS) is 38.1. The van der Waals surface area contributed by atoms with Crippen LogP contribution in [0.2, 0.25) is 0 Å². The van der Waals surface area contributed by atoms with Crippen molar-refractivity contribution in [3.05, 3.63) is 0 Å². The van der Waals surface area contributed by atoms with Crippen molar-refractivity contribution in [1.29, 1.82) is 0 Å². The molecule has 2 aliphatic heterocycles. The van der Waals surface area contributed by atoms with E-state index < -0.39 is 15.9 Å². The highest BCUT2D eigenvalue weighted by Gasteiger charge is 2.40. The fourth-order valence-corrected chi connectivity index (χ4v) is 4.93. The molecule has 0 bridgehead atoms. The van der Waals surface area contributed by atoms with Crippen LogP contribution in [0.5, 0.6) is 0 Å². The highest BCUT2D eigenvalue weighted by atomic mass is 32.2. The molecule has 2 saturated heterocycles. The molecule has 0 amide bonds. The minimum atomic E-state index is -3.02. The van der Waals surface area contributed by atoms with Crippen LogP contribution >= 0.6 is 0 Å². The summed E-state index contributed by atoms with van der Waals surface area (Å²) in [6.45, 7) is 5.02. The van der Waals surface area contributed by atoms with Gasteiger partial charge in [0.2, 0.25) is 0 Å². The van der Waals surface area contributed by atoms with Crippen molar-refractivity contribution in [3.63, 3.8) is 0 Å². The minimum Gasteiger partial charge on any atom is -0.390 e. The van der Waals surface area contributed by atoms with E-state index in [9.17, 15) is 13.5 Å². The maximum atomic E-state index is 11.5. The first-order chi connectivity index (χ1) is 8.53. The standard InChI is InChI=1S/C12H22N2O3S/c15-12-9-18(16,17)8-11(12)14-5-3-13(4-6-14)7-10-1-2-10/h10-12,15H,1-9H2. The summed E-state index contributed by atoms with van der Waals surface area (Å²) in [5, 5.41) is 9.86. The fraction of sp³-hybridized carbons (Fsp3) is 1.00. The molecule has 3 fully saturated rings. The summed E-state index contributed by atoms with van der Waals surface area (Å²) >= 11 is 0. The molecule has 0 aromatic rings. The summed E-state index contributed by atoms with van der Waals surface area (Å²) in [5.74, 6) is 0.991. The minimum absolute atomic E-state index is 0.0556. The third-order valence-electron chi connectivity index (χ3n) is 4.38. The third-order valence-corrected chi connectivity index (χ3v) is 6.08. The van der Waals surface area contributed by atoms with E-state index in [0.29, 0.717) is 0 Å². The van der Waals surface area contributed by atoms with Crippen molar-refractivity contribution in [3.8, 4) is 0 Å². The lowest BCUT2D eigenvalue weighted by molar-refractivity contribution is 0.0433. The van der Waals surface area contributed by atoms with Gasteiger partial charge in [0.1, 0.15) is 0 Å². The molecule has 6 heteroatoms. The first-order valence-corrected chi connectivity index (χ1v) is 8.70. The van der Waals surface area contributed by atoms with Crippen LogP contribution in [0, 0.1) is 5.92 Å². The van der Waals surface area contributed by atoms with Gasteiger partial charge < -0.3 is 10.0 Å². The van der Waals surface area contributed by atoms with Crippen molar-refractivity contribution in [2.24, 2.45) is 5.92 Å². The topological polar surface area (TPSA) is 60.9 Å². The molecule has 2 heterocycles. The zero-order chi connectivity index (χ0) is 12.8. The fourth-order valence-electron chi connectivity index (χ4n) is 3.10. The van der Waals surface area contributed by atoms with Gasteiger partial charge in [-0.3, -0.25) is 4.90 Å². The Kier molecular flexibility index (Phi) is 3.38. The van der Waals surface area contributed by atoms with E-state index in [1.807, 2.05) is 0 Å². The zero-order valence-electron chi connectivity index (χ0n) is 10.7. The van der Waals surface area contributed by atoms with Gasteiger partial charge in [0.15, 0.2) is 9.84 Å². The average Bonchev–Trinajstić information content (AvgIpc) is 3.06. The Balaban J connectivity index is 1.52. The van der Waals surface area contributed by atoms with Gasteiger partial charge in [-0.25, -0.2) is 8.42 Å². The van der Waals surface area contributed by atoms with Gasteiger partial charge in [0.05, 0.1) is 23.7 Å². The monoisotopic (exact) mass is 274 g/mol. The lowest BCUT2D eigenvalue weighted by atomic mass is 10.1. The molecule has 5 nitrogen and oxygen atoms in total. The average molecular weight is 274 g/mol. The molecule has 2 atom stereocenters. The quantitative estimate of drug-likeness (QED) is 0.728. The summed E-state index contributed by atoms with van der Waals surface area (Å²) in [6, 6.07) is -0.168. The lowest BCUT2D eigenvalue weighted by Gasteiger charge is -2.38. The Morgan fingerprint density at radius 3 is 2.22 bits per heavy atom. The maximum absolute atomic E-state index is 11.5. The number of hydrogen-bond donors (Lipinski definition) is 1. The largest absolute Gasteiger partial charge is 0.390 e. The molecule has 3 aliphatic rings. The number of hydrogen-bond acceptors (Lipinski definition) is 5. The molecule has 3 rings (SSSR count). The first-order valence-electron chi connectivity index (χ1n) is 6.88. The van der Waals surface area contributed by atoms with Crippen molar-refractivity contribution in [1.82, 2.24) is 9.80 Å². The molecule has 1 saturated carbocycles. The SMILES string of the molecule is O=S1(=O)CC(O)C(N2CCN(CC3CC3)CC2)C1. The molecule has 1 N–H and O–H groups in total. The van der Waals surface area contributed by atoms with Gasteiger partial charge >= 0.3 is 0 Å². The van der Waals surface area contributed by atoms with Gasteiger partial charge in [0, 0.05) is 32.7 Å². The Hall–Kier alpha value is -0.170. The number of sulfone groups is 1. The van der Waals surface area contributed by atoms with Crippen molar-refractivity contribution >= 4 is 9.84 Å². The molecular weight excluding hydrogens is 252 g/mol. The van der Waals surface area contributed by atoms with E-state index >= 15 is 0 Å². The molecule has 0 aromatic carbocycles. The van der Waals surface area contributed by atoms with Gasteiger partial charge in [-0.05, 0) is 18.8 Å². The molecule has 0 radical (unpaired) electrons. The van der Waals surface area contributed by atoms with Crippen molar-refractivity contribution in [2.45, 2.75) is 25.0 Å². The highest BCUT2D eigenvalue weighted by Crippen LogP contribution is 2.30. The second-order valence-electron chi connectivity index (χ2n) is 5.99.